The highest BCUT2D eigenvalue weighted by Gasteiger charge is 2.44. The molecular formula is C9H16F3NO2S2. The van der Waals surface area contributed by atoms with Crippen LogP contribution in [-0.2, 0) is 4.79 Å². The molecule has 0 bridgehead atoms. The van der Waals surface area contributed by atoms with Crippen LogP contribution in [0, 0.1) is 0 Å². The number of alkyl halides is 3. The van der Waals surface area contributed by atoms with E-state index in [4.69, 9.17) is 5.11 Å². The van der Waals surface area contributed by atoms with E-state index in [0.717, 1.165) is 4.90 Å². The lowest BCUT2D eigenvalue weighted by Gasteiger charge is -2.32. The molecule has 102 valence electrons. The molecule has 0 aromatic carbocycles. The van der Waals surface area contributed by atoms with Gasteiger partial charge in [0.25, 0.3) is 0 Å². The minimum atomic E-state index is -4.41. The fourth-order valence-corrected chi connectivity index (χ4v) is 2.56. The number of nitrogens with zero attached hydrogens (tertiary/aromatic N) is 1. The van der Waals surface area contributed by atoms with Gasteiger partial charge >= 0.3 is 12.1 Å². The Hall–Kier alpha value is -0.0800. The molecule has 17 heavy (non-hydrogen) atoms. The van der Waals surface area contributed by atoms with Gasteiger partial charge in [-0.2, -0.15) is 13.2 Å². The Kier molecular flexibility index (Phi) is 7.34. The molecule has 0 saturated heterocycles. The number of hydrogen-bond acceptors (Lipinski definition) is 4. The number of aliphatic carboxylic acids is 1. The Balaban J connectivity index is 4.62. The number of carbonyl (C=O) groups is 1. The number of halogens is 3. The minimum Gasteiger partial charge on any atom is -0.480 e. The van der Waals surface area contributed by atoms with Gasteiger partial charge in [-0.05, 0) is 26.6 Å². The van der Waals surface area contributed by atoms with Gasteiger partial charge in [0.2, 0.25) is 0 Å². The Morgan fingerprint density at radius 2 is 2.00 bits per heavy atom. The Labute approximate surface area is 107 Å². The zero-order valence-corrected chi connectivity index (χ0v) is 11.5. The van der Waals surface area contributed by atoms with Gasteiger partial charge in [-0.1, -0.05) is 21.6 Å². The highest BCUT2D eigenvalue weighted by molar-refractivity contribution is 8.76. The van der Waals surface area contributed by atoms with Crippen LogP contribution in [0.5, 0.6) is 0 Å². The molecule has 0 radical (unpaired) electrons. The summed E-state index contributed by atoms with van der Waals surface area (Å²) in [6.07, 6.45) is -2.72. The average molecular weight is 291 g/mol. The molecule has 0 aromatic heterocycles. The molecule has 3 nitrogen and oxygen atoms in total. The van der Waals surface area contributed by atoms with E-state index in [1.54, 1.807) is 6.26 Å². The standard InChI is InChI=1S/C9H16F3NO2S2/c1-6(8(14)15)13(2)7(9(10,11)12)4-5-17-16-3/h6-7H,4-5H2,1-3H3,(H,14,15)/t6-,7?/m0/s1. The van der Waals surface area contributed by atoms with Crippen LogP contribution in [0.4, 0.5) is 13.2 Å². The Bertz CT molecular complexity index is 251. The monoisotopic (exact) mass is 291 g/mol. The topological polar surface area (TPSA) is 40.5 Å². The smallest absolute Gasteiger partial charge is 0.404 e. The molecular weight excluding hydrogens is 275 g/mol. The Morgan fingerprint density at radius 1 is 1.47 bits per heavy atom. The zero-order valence-electron chi connectivity index (χ0n) is 9.82. The predicted molar refractivity (Wildman–Crippen MR) is 65.3 cm³/mol. The molecule has 0 aliphatic rings. The van der Waals surface area contributed by atoms with Gasteiger partial charge in [-0.15, -0.1) is 0 Å². The van der Waals surface area contributed by atoms with Gasteiger partial charge < -0.3 is 5.11 Å². The lowest BCUT2D eigenvalue weighted by molar-refractivity contribution is -0.188. The van der Waals surface area contributed by atoms with Gasteiger partial charge in [0.15, 0.2) is 0 Å². The molecule has 0 spiro atoms. The summed E-state index contributed by atoms with van der Waals surface area (Å²) < 4.78 is 38.3. The largest absolute Gasteiger partial charge is 0.480 e. The lowest BCUT2D eigenvalue weighted by atomic mass is 10.1. The van der Waals surface area contributed by atoms with Crippen LogP contribution < -0.4 is 0 Å². The van der Waals surface area contributed by atoms with Crippen molar-refractivity contribution >= 4 is 27.6 Å². The molecule has 0 amide bonds. The SMILES string of the molecule is CSSCCC(N(C)[C@@H](C)C(=O)O)C(F)(F)F. The first kappa shape index (κ1) is 16.9. The normalized spacial score (nSPS) is 15.9. The van der Waals surface area contributed by atoms with E-state index in [-0.39, 0.29) is 6.42 Å². The fraction of sp³-hybridized carbons (Fsp3) is 0.889. The van der Waals surface area contributed by atoms with Gasteiger partial charge in [0.1, 0.15) is 12.1 Å². The van der Waals surface area contributed by atoms with Crippen molar-refractivity contribution in [2.75, 3.05) is 19.1 Å². The Morgan fingerprint density at radius 3 is 2.35 bits per heavy atom. The fourth-order valence-electron chi connectivity index (χ4n) is 1.29. The molecule has 0 heterocycles. The zero-order chi connectivity index (χ0) is 13.6. The summed E-state index contributed by atoms with van der Waals surface area (Å²) in [7, 11) is 3.92. The predicted octanol–water partition coefficient (Wildman–Crippen LogP) is 2.72. The molecule has 0 rings (SSSR count). The summed E-state index contributed by atoms with van der Waals surface area (Å²) in [6, 6.07) is -2.87. The van der Waals surface area contributed by atoms with Gasteiger partial charge in [-0.25, -0.2) is 0 Å². The van der Waals surface area contributed by atoms with Crippen LogP contribution in [0.3, 0.4) is 0 Å². The molecule has 0 aliphatic heterocycles. The van der Waals surface area contributed by atoms with Gasteiger partial charge in [0, 0.05) is 5.75 Å². The molecule has 8 heteroatoms. The molecule has 2 atom stereocenters. The highest BCUT2D eigenvalue weighted by Crippen LogP contribution is 2.30. The second-order valence-corrected chi connectivity index (χ2v) is 6.20. The average Bonchev–Trinajstić information content (AvgIpc) is 2.20. The minimum absolute atomic E-state index is 0.108. The summed E-state index contributed by atoms with van der Waals surface area (Å²) >= 11 is 0. The lowest BCUT2D eigenvalue weighted by Crippen LogP contribution is -2.50. The first-order valence-corrected chi connectivity index (χ1v) is 7.61. The van der Waals surface area contributed by atoms with E-state index in [1.807, 2.05) is 0 Å². The quantitative estimate of drug-likeness (QED) is 0.577. The van der Waals surface area contributed by atoms with Crippen molar-refractivity contribution in [3.05, 3.63) is 0 Å². The molecule has 0 saturated carbocycles. The third kappa shape index (κ3) is 5.87. The summed E-state index contributed by atoms with van der Waals surface area (Å²) in [4.78, 5) is 11.5. The summed E-state index contributed by atoms with van der Waals surface area (Å²) in [5, 5.41) is 8.72. The van der Waals surface area contributed by atoms with Gasteiger partial charge in [-0.3, -0.25) is 9.69 Å². The van der Waals surface area contributed by atoms with E-state index in [9.17, 15) is 18.0 Å². The van der Waals surface area contributed by atoms with Crippen molar-refractivity contribution in [1.29, 1.82) is 0 Å². The number of likely N-dealkylation sites (N-methyl/N-ethyl adjacent to an activating group) is 1. The first-order valence-electron chi connectivity index (χ1n) is 4.88. The summed E-state index contributed by atoms with van der Waals surface area (Å²) in [5.41, 5.74) is 0. The van der Waals surface area contributed by atoms with E-state index in [0.29, 0.717) is 5.75 Å². The van der Waals surface area contributed by atoms with Crippen LogP contribution in [-0.4, -0.2) is 53.3 Å². The molecule has 0 fully saturated rings. The molecule has 1 unspecified atom stereocenters. The maximum atomic E-state index is 12.8. The third-order valence-electron chi connectivity index (χ3n) is 2.43. The van der Waals surface area contributed by atoms with Crippen LogP contribution in [0.25, 0.3) is 0 Å². The number of rotatable bonds is 7. The van der Waals surface area contributed by atoms with Gasteiger partial charge in [0.05, 0.1) is 0 Å². The molecule has 1 N–H and O–H groups in total. The maximum absolute atomic E-state index is 12.8. The van der Waals surface area contributed by atoms with E-state index >= 15 is 0 Å². The van der Waals surface area contributed by atoms with E-state index < -0.39 is 24.2 Å². The van der Waals surface area contributed by atoms with Crippen molar-refractivity contribution in [2.45, 2.75) is 31.6 Å². The third-order valence-corrected chi connectivity index (χ3v) is 4.28. The molecule has 0 aromatic rings. The summed E-state index contributed by atoms with van der Waals surface area (Å²) in [6.45, 7) is 1.25. The van der Waals surface area contributed by atoms with Crippen LogP contribution in [0.2, 0.25) is 0 Å². The summed E-state index contributed by atoms with van der Waals surface area (Å²) in [5.74, 6) is -0.915. The van der Waals surface area contributed by atoms with Crippen LogP contribution in [0.15, 0.2) is 0 Å². The van der Waals surface area contributed by atoms with Crippen molar-refractivity contribution in [2.24, 2.45) is 0 Å². The second-order valence-electron chi connectivity index (χ2n) is 3.51. The van der Waals surface area contributed by atoms with Crippen molar-refractivity contribution < 1.29 is 23.1 Å². The van der Waals surface area contributed by atoms with E-state index in [1.165, 1.54) is 35.6 Å². The van der Waals surface area contributed by atoms with E-state index in [2.05, 4.69) is 0 Å². The number of carboxylic acid groups (broad SMARTS) is 1. The molecule has 0 aliphatic carbocycles. The number of hydrogen-bond donors (Lipinski definition) is 1. The number of carboxylic acids is 1. The van der Waals surface area contributed by atoms with Crippen molar-refractivity contribution in [1.82, 2.24) is 4.90 Å². The van der Waals surface area contributed by atoms with Crippen LogP contribution >= 0.6 is 21.6 Å². The maximum Gasteiger partial charge on any atom is 0.404 e. The van der Waals surface area contributed by atoms with Crippen molar-refractivity contribution in [3.63, 3.8) is 0 Å². The van der Waals surface area contributed by atoms with Crippen molar-refractivity contribution in [3.8, 4) is 0 Å². The highest BCUT2D eigenvalue weighted by atomic mass is 33.1. The first-order chi connectivity index (χ1) is 7.71. The second kappa shape index (κ2) is 7.38. The van der Waals surface area contributed by atoms with Crippen LogP contribution in [0.1, 0.15) is 13.3 Å².